The van der Waals surface area contributed by atoms with Gasteiger partial charge in [0.25, 0.3) is 0 Å². The maximum Gasteiger partial charge on any atom is 0.165 e. The van der Waals surface area contributed by atoms with Gasteiger partial charge in [-0.25, -0.2) is 4.39 Å². The van der Waals surface area contributed by atoms with E-state index in [2.05, 4.69) is 5.32 Å². The summed E-state index contributed by atoms with van der Waals surface area (Å²) in [6.07, 6.45) is 2.49. The van der Waals surface area contributed by atoms with Crippen LogP contribution in [0.5, 0.6) is 11.5 Å². The number of rotatable bonds is 5. The Balaban J connectivity index is 1.77. The Bertz CT molecular complexity index is 566. The maximum absolute atomic E-state index is 13.6. The zero-order chi connectivity index (χ0) is 13.1. The number of hydrogen-bond donors (Lipinski definition) is 1. The van der Waals surface area contributed by atoms with Gasteiger partial charge in [-0.05, 0) is 31.0 Å². The van der Waals surface area contributed by atoms with Gasteiger partial charge in [-0.1, -0.05) is 30.3 Å². The lowest BCUT2D eigenvalue weighted by Gasteiger charge is -2.12. The van der Waals surface area contributed by atoms with Gasteiger partial charge in [-0.3, -0.25) is 0 Å². The summed E-state index contributed by atoms with van der Waals surface area (Å²) in [5.74, 6) is 0.634. The van der Waals surface area contributed by atoms with E-state index in [1.807, 2.05) is 24.3 Å². The van der Waals surface area contributed by atoms with Gasteiger partial charge in [0.2, 0.25) is 0 Å². The fourth-order valence-electron chi connectivity index (χ4n) is 1.94. The van der Waals surface area contributed by atoms with Crippen molar-refractivity contribution < 1.29 is 9.13 Å². The zero-order valence-electron chi connectivity index (χ0n) is 10.6. The lowest BCUT2D eigenvalue weighted by molar-refractivity contribution is 0.435. The van der Waals surface area contributed by atoms with Crippen LogP contribution in [-0.4, -0.2) is 6.04 Å². The quantitative estimate of drug-likeness (QED) is 0.878. The van der Waals surface area contributed by atoms with Crippen LogP contribution in [0.2, 0.25) is 0 Å². The van der Waals surface area contributed by atoms with Crippen LogP contribution in [0.3, 0.4) is 0 Å². The first-order valence-electron chi connectivity index (χ1n) is 6.56. The Morgan fingerprint density at radius 1 is 1.00 bits per heavy atom. The minimum atomic E-state index is -0.340. The molecule has 98 valence electrons. The second-order valence-electron chi connectivity index (χ2n) is 4.80. The molecule has 1 aliphatic carbocycles. The van der Waals surface area contributed by atoms with Crippen molar-refractivity contribution in [1.82, 2.24) is 5.32 Å². The van der Waals surface area contributed by atoms with Gasteiger partial charge >= 0.3 is 0 Å². The number of hydrogen-bond acceptors (Lipinski definition) is 2. The van der Waals surface area contributed by atoms with Crippen LogP contribution >= 0.6 is 0 Å². The van der Waals surface area contributed by atoms with Gasteiger partial charge in [0.1, 0.15) is 5.75 Å². The number of benzene rings is 2. The van der Waals surface area contributed by atoms with Gasteiger partial charge in [0, 0.05) is 18.2 Å². The van der Waals surface area contributed by atoms with Crippen LogP contribution in [-0.2, 0) is 6.54 Å². The summed E-state index contributed by atoms with van der Waals surface area (Å²) in [7, 11) is 0. The fourth-order valence-corrected chi connectivity index (χ4v) is 1.94. The third-order valence-electron chi connectivity index (χ3n) is 3.19. The van der Waals surface area contributed by atoms with E-state index in [4.69, 9.17) is 4.74 Å². The molecule has 0 spiro atoms. The second-order valence-corrected chi connectivity index (χ2v) is 4.80. The Morgan fingerprint density at radius 3 is 2.42 bits per heavy atom. The zero-order valence-corrected chi connectivity index (χ0v) is 10.6. The molecule has 0 saturated heterocycles. The summed E-state index contributed by atoms with van der Waals surface area (Å²) >= 11 is 0. The van der Waals surface area contributed by atoms with E-state index in [1.54, 1.807) is 18.2 Å². The molecule has 0 unspecified atom stereocenters. The Labute approximate surface area is 112 Å². The third kappa shape index (κ3) is 3.12. The summed E-state index contributed by atoms with van der Waals surface area (Å²) in [4.78, 5) is 0. The van der Waals surface area contributed by atoms with E-state index in [-0.39, 0.29) is 11.6 Å². The van der Waals surface area contributed by atoms with E-state index < -0.39 is 0 Å². The smallest absolute Gasteiger partial charge is 0.165 e. The Hall–Kier alpha value is -1.87. The normalized spacial score (nSPS) is 14.4. The highest BCUT2D eigenvalue weighted by atomic mass is 19.1. The molecule has 0 atom stereocenters. The molecule has 19 heavy (non-hydrogen) atoms. The van der Waals surface area contributed by atoms with E-state index in [0.717, 1.165) is 12.1 Å². The van der Waals surface area contributed by atoms with Crippen molar-refractivity contribution >= 4 is 0 Å². The second kappa shape index (κ2) is 5.41. The molecule has 0 aromatic heterocycles. The molecule has 1 aliphatic rings. The third-order valence-corrected chi connectivity index (χ3v) is 3.19. The maximum atomic E-state index is 13.6. The highest BCUT2D eigenvalue weighted by Gasteiger charge is 2.20. The summed E-state index contributed by atoms with van der Waals surface area (Å²) in [5, 5.41) is 3.44. The molecule has 0 amide bonds. The molecule has 2 aromatic carbocycles. The summed E-state index contributed by atoms with van der Waals surface area (Å²) in [6.45, 7) is 0.759. The van der Waals surface area contributed by atoms with Gasteiger partial charge in [0.15, 0.2) is 11.6 Å². The van der Waals surface area contributed by atoms with E-state index in [1.165, 1.54) is 18.9 Å². The van der Waals surface area contributed by atoms with Crippen molar-refractivity contribution in [3.05, 3.63) is 59.9 Å². The molecule has 0 radical (unpaired) electrons. The van der Waals surface area contributed by atoms with Crippen LogP contribution in [0.25, 0.3) is 0 Å². The van der Waals surface area contributed by atoms with Crippen LogP contribution in [0, 0.1) is 5.82 Å². The molecule has 0 heterocycles. The molecule has 2 nitrogen and oxygen atoms in total. The van der Waals surface area contributed by atoms with Gasteiger partial charge in [-0.15, -0.1) is 0 Å². The Kier molecular flexibility index (Phi) is 3.47. The molecule has 2 aromatic rings. The van der Waals surface area contributed by atoms with Crippen molar-refractivity contribution in [3.63, 3.8) is 0 Å². The predicted molar refractivity (Wildman–Crippen MR) is 72.8 cm³/mol. The first-order chi connectivity index (χ1) is 9.33. The van der Waals surface area contributed by atoms with Gasteiger partial charge in [0.05, 0.1) is 0 Å². The molecule has 1 fully saturated rings. The molecule has 1 N–H and O–H groups in total. The lowest BCUT2D eigenvalue weighted by Crippen LogP contribution is -2.15. The number of nitrogens with one attached hydrogen (secondary N) is 1. The first kappa shape index (κ1) is 12.2. The van der Waals surface area contributed by atoms with Crippen LogP contribution in [0.4, 0.5) is 4.39 Å². The topological polar surface area (TPSA) is 21.3 Å². The Morgan fingerprint density at radius 2 is 1.68 bits per heavy atom. The monoisotopic (exact) mass is 257 g/mol. The molecular weight excluding hydrogens is 241 g/mol. The summed E-state index contributed by atoms with van der Waals surface area (Å²) < 4.78 is 19.3. The van der Waals surface area contributed by atoms with Gasteiger partial charge in [-0.2, -0.15) is 0 Å². The molecule has 3 rings (SSSR count). The number of halogens is 1. The van der Waals surface area contributed by atoms with E-state index in [0.29, 0.717) is 11.8 Å². The SMILES string of the molecule is Fc1ccccc1Oc1ccccc1CNC1CC1. The van der Waals surface area contributed by atoms with Crippen LogP contribution < -0.4 is 10.1 Å². The fraction of sp³-hybridized carbons (Fsp3) is 0.250. The average Bonchev–Trinajstić information content (AvgIpc) is 3.24. The van der Waals surface area contributed by atoms with Crippen LogP contribution in [0.1, 0.15) is 18.4 Å². The number of ether oxygens (including phenoxy) is 1. The van der Waals surface area contributed by atoms with Crippen molar-refractivity contribution in [3.8, 4) is 11.5 Å². The summed E-state index contributed by atoms with van der Waals surface area (Å²) in [6, 6.07) is 14.9. The molecule has 0 bridgehead atoms. The highest BCUT2D eigenvalue weighted by molar-refractivity contribution is 5.38. The minimum absolute atomic E-state index is 0.265. The molecule has 3 heteroatoms. The first-order valence-corrected chi connectivity index (χ1v) is 6.56. The molecular formula is C16H16FNO. The molecule has 0 aliphatic heterocycles. The number of para-hydroxylation sites is 2. The predicted octanol–water partition coefficient (Wildman–Crippen LogP) is 3.87. The van der Waals surface area contributed by atoms with Crippen molar-refractivity contribution in [1.29, 1.82) is 0 Å². The van der Waals surface area contributed by atoms with Crippen LogP contribution in [0.15, 0.2) is 48.5 Å². The largest absolute Gasteiger partial charge is 0.454 e. The van der Waals surface area contributed by atoms with E-state index >= 15 is 0 Å². The standard InChI is InChI=1S/C16H16FNO/c17-14-6-2-4-8-16(14)19-15-7-3-1-5-12(15)11-18-13-9-10-13/h1-8,13,18H,9-11H2. The van der Waals surface area contributed by atoms with Crippen molar-refractivity contribution in [2.24, 2.45) is 0 Å². The molecule has 1 saturated carbocycles. The minimum Gasteiger partial charge on any atom is -0.454 e. The summed E-state index contributed by atoms with van der Waals surface area (Å²) in [5.41, 5.74) is 1.05. The van der Waals surface area contributed by atoms with Crippen molar-refractivity contribution in [2.45, 2.75) is 25.4 Å². The lowest BCUT2D eigenvalue weighted by atomic mass is 10.2. The average molecular weight is 257 g/mol. The highest BCUT2D eigenvalue weighted by Crippen LogP contribution is 2.28. The van der Waals surface area contributed by atoms with Gasteiger partial charge < -0.3 is 10.1 Å². The van der Waals surface area contributed by atoms with Crippen molar-refractivity contribution in [2.75, 3.05) is 0 Å². The van der Waals surface area contributed by atoms with E-state index in [9.17, 15) is 4.39 Å².